The third kappa shape index (κ3) is 5.48. The molecular weight excluding hydrogens is 280 g/mol. The molecule has 0 bridgehead atoms. The van der Waals surface area contributed by atoms with Gasteiger partial charge >= 0.3 is 0 Å². The number of nitrogens with one attached hydrogen (secondary N) is 2. The minimum absolute atomic E-state index is 0.0000733. The van der Waals surface area contributed by atoms with Gasteiger partial charge in [0.15, 0.2) is 0 Å². The highest BCUT2D eigenvalue weighted by Gasteiger charge is 2.23. The number of carbonyl (C=O) groups excluding carboxylic acids is 2. The van der Waals surface area contributed by atoms with Gasteiger partial charge in [0, 0.05) is 13.7 Å². The molecule has 0 heterocycles. The average molecular weight is 306 g/mol. The van der Waals surface area contributed by atoms with Crippen molar-refractivity contribution in [1.29, 1.82) is 0 Å². The summed E-state index contributed by atoms with van der Waals surface area (Å²) in [7, 11) is 1.45. The average Bonchev–Trinajstić information content (AvgIpc) is 2.43. The summed E-state index contributed by atoms with van der Waals surface area (Å²) in [5, 5.41) is 5.59. The second-order valence-electron chi connectivity index (χ2n) is 5.87. The van der Waals surface area contributed by atoms with E-state index in [-0.39, 0.29) is 24.3 Å². The molecule has 2 N–H and O–H groups in total. The molecule has 0 aliphatic carbocycles. The van der Waals surface area contributed by atoms with E-state index in [0.717, 1.165) is 11.1 Å². The molecule has 0 unspecified atom stereocenters. The maximum absolute atomic E-state index is 12.3. The van der Waals surface area contributed by atoms with Crippen molar-refractivity contribution in [3.05, 3.63) is 34.9 Å². The lowest BCUT2D eigenvalue weighted by atomic mass is 10.0. The predicted molar refractivity (Wildman–Crippen MR) is 86.4 cm³/mol. The number of ether oxygens (including phenoxy) is 1. The lowest BCUT2D eigenvalue weighted by Crippen LogP contribution is -2.50. The van der Waals surface area contributed by atoms with Crippen molar-refractivity contribution in [1.82, 2.24) is 10.6 Å². The second-order valence-corrected chi connectivity index (χ2v) is 5.87. The Morgan fingerprint density at radius 1 is 1.23 bits per heavy atom. The molecule has 5 heteroatoms. The SMILES string of the molecule is COCC(=O)N[C@H](C(=O)NCc1ccc(C)cc1C)C(C)C. The Hall–Kier alpha value is -1.88. The Balaban J connectivity index is 2.65. The first-order valence-electron chi connectivity index (χ1n) is 7.47. The first-order valence-corrected chi connectivity index (χ1v) is 7.47. The first-order chi connectivity index (χ1) is 10.3. The van der Waals surface area contributed by atoms with E-state index in [2.05, 4.69) is 16.7 Å². The highest BCUT2D eigenvalue weighted by atomic mass is 16.5. The van der Waals surface area contributed by atoms with Crippen molar-refractivity contribution >= 4 is 11.8 Å². The topological polar surface area (TPSA) is 67.4 Å². The minimum Gasteiger partial charge on any atom is -0.375 e. The molecule has 0 fully saturated rings. The summed E-state index contributed by atoms with van der Waals surface area (Å²) < 4.78 is 4.78. The summed E-state index contributed by atoms with van der Waals surface area (Å²) in [5.41, 5.74) is 3.41. The Labute approximate surface area is 132 Å². The van der Waals surface area contributed by atoms with Crippen LogP contribution in [0.25, 0.3) is 0 Å². The van der Waals surface area contributed by atoms with Crippen LogP contribution >= 0.6 is 0 Å². The van der Waals surface area contributed by atoms with E-state index in [1.807, 2.05) is 39.8 Å². The van der Waals surface area contributed by atoms with E-state index >= 15 is 0 Å². The normalized spacial score (nSPS) is 12.1. The van der Waals surface area contributed by atoms with Crippen LogP contribution in [0.4, 0.5) is 0 Å². The number of benzene rings is 1. The van der Waals surface area contributed by atoms with E-state index < -0.39 is 6.04 Å². The largest absolute Gasteiger partial charge is 0.375 e. The molecule has 0 saturated carbocycles. The molecule has 0 aromatic heterocycles. The molecular formula is C17H26N2O3. The van der Waals surface area contributed by atoms with E-state index in [0.29, 0.717) is 6.54 Å². The lowest BCUT2D eigenvalue weighted by molar-refractivity contribution is -0.132. The van der Waals surface area contributed by atoms with Crippen LogP contribution in [0, 0.1) is 19.8 Å². The fourth-order valence-electron chi connectivity index (χ4n) is 2.22. The molecule has 5 nitrogen and oxygen atoms in total. The predicted octanol–water partition coefficient (Wildman–Crippen LogP) is 1.71. The van der Waals surface area contributed by atoms with E-state index in [1.54, 1.807) is 0 Å². The van der Waals surface area contributed by atoms with Crippen LogP contribution in [-0.2, 0) is 20.9 Å². The van der Waals surface area contributed by atoms with Crippen molar-refractivity contribution in [2.24, 2.45) is 5.92 Å². The second kappa shape index (κ2) is 8.54. The van der Waals surface area contributed by atoms with E-state index in [1.165, 1.54) is 12.7 Å². The third-order valence-corrected chi connectivity index (χ3v) is 3.49. The van der Waals surface area contributed by atoms with Gasteiger partial charge in [-0.3, -0.25) is 9.59 Å². The molecule has 0 aliphatic rings. The number of methoxy groups -OCH3 is 1. The summed E-state index contributed by atoms with van der Waals surface area (Å²) in [4.78, 5) is 23.9. The molecule has 1 atom stereocenters. The molecule has 0 radical (unpaired) electrons. The van der Waals surface area contributed by atoms with Crippen LogP contribution in [-0.4, -0.2) is 31.6 Å². The molecule has 1 rings (SSSR count). The molecule has 122 valence electrons. The van der Waals surface area contributed by atoms with Gasteiger partial charge in [0.1, 0.15) is 12.6 Å². The van der Waals surface area contributed by atoms with Crippen LogP contribution in [0.15, 0.2) is 18.2 Å². The van der Waals surface area contributed by atoms with Gasteiger partial charge in [-0.25, -0.2) is 0 Å². The quantitative estimate of drug-likeness (QED) is 0.806. The highest BCUT2D eigenvalue weighted by molar-refractivity contribution is 5.88. The summed E-state index contributed by atoms with van der Waals surface area (Å²) in [6, 6.07) is 5.56. The van der Waals surface area contributed by atoms with E-state index in [4.69, 9.17) is 4.74 Å². The van der Waals surface area contributed by atoms with Gasteiger partial charge in [0.05, 0.1) is 0 Å². The van der Waals surface area contributed by atoms with Crippen molar-refractivity contribution in [2.75, 3.05) is 13.7 Å². The number of rotatable bonds is 7. The smallest absolute Gasteiger partial charge is 0.246 e. The Kier molecular flexibility index (Phi) is 7.05. The number of carbonyl (C=O) groups is 2. The van der Waals surface area contributed by atoms with Gasteiger partial charge in [-0.1, -0.05) is 37.6 Å². The Bertz CT molecular complexity index is 527. The molecule has 0 aliphatic heterocycles. The van der Waals surface area contributed by atoms with Crippen molar-refractivity contribution in [3.63, 3.8) is 0 Å². The fourth-order valence-corrected chi connectivity index (χ4v) is 2.22. The molecule has 22 heavy (non-hydrogen) atoms. The van der Waals surface area contributed by atoms with Crippen LogP contribution in [0.5, 0.6) is 0 Å². The number of hydrogen-bond donors (Lipinski definition) is 2. The Morgan fingerprint density at radius 3 is 2.45 bits per heavy atom. The zero-order chi connectivity index (χ0) is 16.7. The maximum Gasteiger partial charge on any atom is 0.246 e. The van der Waals surface area contributed by atoms with Gasteiger partial charge in [-0.2, -0.15) is 0 Å². The fraction of sp³-hybridized carbons (Fsp3) is 0.529. The molecule has 0 spiro atoms. The Morgan fingerprint density at radius 2 is 1.91 bits per heavy atom. The van der Waals surface area contributed by atoms with Gasteiger partial charge in [-0.05, 0) is 30.9 Å². The third-order valence-electron chi connectivity index (χ3n) is 3.49. The molecule has 1 aromatic rings. The summed E-state index contributed by atoms with van der Waals surface area (Å²) in [6.45, 7) is 8.26. The minimum atomic E-state index is -0.562. The first kappa shape index (κ1) is 18.2. The van der Waals surface area contributed by atoms with Crippen LogP contribution in [0.2, 0.25) is 0 Å². The number of amides is 2. The van der Waals surface area contributed by atoms with Crippen molar-refractivity contribution < 1.29 is 14.3 Å². The van der Waals surface area contributed by atoms with Gasteiger partial charge in [0.25, 0.3) is 0 Å². The van der Waals surface area contributed by atoms with Crippen LogP contribution < -0.4 is 10.6 Å². The summed E-state index contributed by atoms with van der Waals surface area (Å²) >= 11 is 0. The van der Waals surface area contributed by atoms with Gasteiger partial charge in [0.2, 0.25) is 11.8 Å². The zero-order valence-corrected chi connectivity index (χ0v) is 14.0. The zero-order valence-electron chi connectivity index (χ0n) is 14.0. The summed E-state index contributed by atoms with van der Waals surface area (Å²) in [6.07, 6.45) is 0. The molecule has 2 amide bonds. The monoisotopic (exact) mass is 306 g/mol. The van der Waals surface area contributed by atoms with Crippen molar-refractivity contribution in [2.45, 2.75) is 40.3 Å². The van der Waals surface area contributed by atoms with Crippen molar-refractivity contribution in [3.8, 4) is 0 Å². The van der Waals surface area contributed by atoms with Crippen LogP contribution in [0.1, 0.15) is 30.5 Å². The maximum atomic E-state index is 12.3. The number of hydrogen-bond acceptors (Lipinski definition) is 3. The summed E-state index contributed by atoms with van der Waals surface area (Å²) in [5.74, 6) is -0.470. The highest BCUT2D eigenvalue weighted by Crippen LogP contribution is 2.10. The standard InChI is InChI=1S/C17H26N2O3/c1-11(2)16(19-15(20)10-22-5)17(21)18-9-14-7-6-12(3)8-13(14)4/h6-8,11,16H,9-10H2,1-5H3,(H,18,21)(H,19,20)/t16-/m0/s1. The lowest BCUT2D eigenvalue weighted by Gasteiger charge is -2.22. The van der Waals surface area contributed by atoms with Crippen LogP contribution in [0.3, 0.4) is 0 Å². The van der Waals surface area contributed by atoms with Gasteiger partial charge in [-0.15, -0.1) is 0 Å². The molecule has 0 saturated heterocycles. The van der Waals surface area contributed by atoms with E-state index in [9.17, 15) is 9.59 Å². The van der Waals surface area contributed by atoms with Gasteiger partial charge < -0.3 is 15.4 Å². The molecule has 1 aromatic carbocycles. The number of aryl methyl sites for hydroxylation is 2.